The van der Waals surface area contributed by atoms with Crippen LogP contribution in [0.3, 0.4) is 0 Å². The van der Waals surface area contributed by atoms with Crippen LogP contribution in [-0.2, 0) is 16.0 Å². The molecule has 0 saturated carbocycles. The van der Waals surface area contributed by atoms with Crippen LogP contribution < -0.4 is 16.4 Å². The van der Waals surface area contributed by atoms with Gasteiger partial charge in [-0.3, -0.25) is 14.4 Å². The van der Waals surface area contributed by atoms with Crippen LogP contribution >= 0.6 is 0 Å². The lowest BCUT2D eigenvalue weighted by Gasteiger charge is -2.22. The van der Waals surface area contributed by atoms with Crippen molar-refractivity contribution in [1.82, 2.24) is 10.6 Å². The lowest BCUT2D eigenvalue weighted by atomic mass is 9.97. The molecular weight excluding hydrogens is 397 g/mol. The summed E-state index contributed by atoms with van der Waals surface area (Å²) in [4.78, 5) is 37.4. The van der Waals surface area contributed by atoms with E-state index in [1.165, 1.54) is 12.1 Å². The number of rotatable bonds is 10. The first-order valence-corrected chi connectivity index (χ1v) is 10.3. The quantitative estimate of drug-likeness (QED) is 0.543. The number of amides is 3. The highest BCUT2D eigenvalue weighted by Gasteiger charge is 2.25. The Balaban J connectivity index is 2.04. The fourth-order valence-electron chi connectivity index (χ4n) is 3.29. The molecule has 2 aromatic carbocycles. The molecule has 0 bridgehead atoms. The Bertz CT molecular complexity index is 913. The third-order valence-corrected chi connectivity index (χ3v) is 5.04. The van der Waals surface area contributed by atoms with Crippen molar-refractivity contribution in [3.05, 3.63) is 71.0 Å². The number of nitrogens with one attached hydrogen (secondary N) is 2. The molecule has 2 atom stereocenters. The fraction of sp³-hybridized carbons (Fsp3) is 0.375. The van der Waals surface area contributed by atoms with Crippen molar-refractivity contribution in [1.29, 1.82) is 0 Å². The van der Waals surface area contributed by atoms with E-state index in [1.54, 1.807) is 24.3 Å². The van der Waals surface area contributed by atoms with Crippen molar-refractivity contribution in [2.75, 3.05) is 6.54 Å². The SMILES string of the molecule is Cc1ccccc1C(=O)NC(CC(C)C)C(=O)NCC(Cc1ccc(F)cc1)C(N)=O. The molecule has 31 heavy (non-hydrogen) atoms. The average molecular weight is 428 g/mol. The number of hydrogen-bond acceptors (Lipinski definition) is 3. The van der Waals surface area contributed by atoms with Crippen molar-refractivity contribution in [2.45, 2.75) is 39.7 Å². The lowest BCUT2D eigenvalue weighted by Crippen LogP contribution is -2.49. The molecule has 0 aliphatic rings. The highest BCUT2D eigenvalue weighted by atomic mass is 19.1. The summed E-state index contributed by atoms with van der Waals surface area (Å²) in [5.74, 6) is -2.11. The molecule has 4 N–H and O–H groups in total. The molecule has 6 nitrogen and oxygen atoms in total. The van der Waals surface area contributed by atoms with Crippen LogP contribution in [0.25, 0.3) is 0 Å². The van der Waals surface area contributed by atoms with Crippen LogP contribution in [0.1, 0.15) is 41.8 Å². The summed E-state index contributed by atoms with van der Waals surface area (Å²) in [5.41, 5.74) is 7.56. The second-order valence-corrected chi connectivity index (χ2v) is 8.15. The van der Waals surface area contributed by atoms with Crippen molar-refractivity contribution >= 4 is 17.7 Å². The molecule has 7 heteroatoms. The third-order valence-electron chi connectivity index (χ3n) is 5.04. The maximum atomic E-state index is 13.1. The smallest absolute Gasteiger partial charge is 0.252 e. The third kappa shape index (κ3) is 7.51. The van der Waals surface area contributed by atoms with E-state index in [1.807, 2.05) is 32.9 Å². The van der Waals surface area contributed by atoms with Crippen molar-refractivity contribution in [3.63, 3.8) is 0 Å². The molecule has 2 unspecified atom stereocenters. The van der Waals surface area contributed by atoms with E-state index in [2.05, 4.69) is 10.6 Å². The van der Waals surface area contributed by atoms with Gasteiger partial charge in [0, 0.05) is 12.1 Å². The fourth-order valence-corrected chi connectivity index (χ4v) is 3.29. The number of carbonyl (C=O) groups excluding carboxylic acids is 3. The molecular formula is C24H30FN3O3. The van der Waals surface area contributed by atoms with Gasteiger partial charge in [-0.05, 0) is 55.0 Å². The van der Waals surface area contributed by atoms with Gasteiger partial charge in [0.05, 0.1) is 5.92 Å². The summed E-state index contributed by atoms with van der Waals surface area (Å²) in [6.45, 7) is 5.78. The predicted molar refractivity (Wildman–Crippen MR) is 118 cm³/mol. The van der Waals surface area contributed by atoms with Crippen LogP contribution in [0, 0.1) is 24.6 Å². The molecule has 2 aromatic rings. The minimum absolute atomic E-state index is 0.0281. The molecule has 166 valence electrons. The van der Waals surface area contributed by atoms with E-state index in [0.717, 1.165) is 11.1 Å². The Kier molecular flexibility index (Phi) is 8.73. The molecule has 0 heterocycles. The zero-order valence-corrected chi connectivity index (χ0v) is 18.2. The zero-order chi connectivity index (χ0) is 23.0. The lowest BCUT2D eigenvalue weighted by molar-refractivity contribution is -0.124. The van der Waals surface area contributed by atoms with E-state index in [-0.39, 0.29) is 36.5 Å². The number of halogens is 1. The van der Waals surface area contributed by atoms with Gasteiger partial charge in [-0.2, -0.15) is 0 Å². The van der Waals surface area contributed by atoms with Crippen molar-refractivity contribution in [2.24, 2.45) is 17.6 Å². The maximum absolute atomic E-state index is 13.1. The van der Waals surface area contributed by atoms with Crippen LogP contribution in [-0.4, -0.2) is 30.3 Å². The van der Waals surface area contributed by atoms with Gasteiger partial charge in [0.25, 0.3) is 5.91 Å². The standard InChI is InChI=1S/C24H30FN3O3/c1-15(2)12-21(28-23(30)20-7-5-4-6-16(20)3)24(31)27-14-18(22(26)29)13-17-8-10-19(25)11-9-17/h4-11,15,18,21H,12-14H2,1-3H3,(H2,26,29)(H,27,31)(H,28,30). The molecule has 0 aliphatic carbocycles. The largest absolute Gasteiger partial charge is 0.369 e. The van der Waals surface area contributed by atoms with Gasteiger partial charge in [-0.1, -0.05) is 44.2 Å². The van der Waals surface area contributed by atoms with E-state index >= 15 is 0 Å². The summed E-state index contributed by atoms with van der Waals surface area (Å²) in [6, 6.07) is 12.2. The molecule has 0 fully saturated rings. The molecule has 0 aromatic heterocycles. The molecule has 2 rings (SSSR count). The van der Waals surface area contributed by atoms with Crippen molar-refractivity contribution in [3.8, 4) is 0 Å². The second-order valence-electron chi connectivity index (χ2n) is 8.15. The maximum Gasteiger partial charge on any atom is 0.252 e. The summed E-state index contributed by atoms with van der Waals surface area (Å²) < 4.78 is 13.1. The molecule has 0 radical (unpaired) electrons. The van der Waals surface area contributed by atoms with Crippen LogP contribution in [0.2, 0.25) is 0 Å². The minimum Gasteiger partial charge on any atom is -0.369 e. The predicted octanol–water partition coefficient (Wildman–Crippen LogP) is 2.74. The number of benzene rings is 2. The summed E-state index contributed by atoms with van der Waals surface area (Å²) in [6.07, 6.45) is 0.725. The topological polar surface area (TPSA) is 101 Å². The number of aryl methyl sites for hydroxylation is 1. The number of nitrogens with two attached hydrogens (primary N) is 1. The monoisotopic (exact) mass is 427 g/mol. The molecule has 3 amide bonds. The highest BCUT2D eigenvalue weighted by molar-refractivity contribution is 5.98. The van der Waals surface area contributed by atoms with E-state index in [0.29, 0.717) is 12.0 Å². The van der Waals surface area contributed by atoms with Gasteiger partial charge in [-0.25, -0.2) is 4.39 Å². The highest BCUT2D eigenvalue weighted by Crippen LogP contribution is 2.12. The van der Waals surface area contributed by atoms with Gasteiger partial charge in [0.2, 0.25) is 11.8 Å². The Hall–Kier alpha value is -3.22. The van der Waals surface area contributed by atoms with Gasteiger partial charge < -0.3 is 16.4 Å². The van der Waals surface area contributed by atoms with Gasteiger partial charge in [0.1, 0.15) is 11.9 Å². The molecule has 0 spiro atoms. The Morgan fingerprint density at radius 2 is 1.68 bits per heavy atom. The first-order valence-electron chi connectivity index (χ1n) is 10.3. The van der Waals surface area contributed by atoms with Crippen LogP contribution in [0.4, 0.5) is 4.39 Å². The van der Waals surface area contributed by atoms with Gasteiger partial charge in [0.15, 0.2) is 0 Å². The zero-order valence-electron chi connectivity index (χ0n) is 18.2. The minimum atomic E-state index is -0.744. The number of hydrogen-bond donors (Lipinski definition) is 3. The Morgan fingerprint density at radius 3 is 2.26 bits per heavy atom. The first kappa shape index (κ1) is 24.1. The number of primary amides is 1. The van der Waals surface area contributed by atoms with Crippen molar-refractivity contribution < 1.29 is 18.8 Å². The van der Waals surface area contributed by atoms with E-state index in [4.69, 9.17) is 5.73 Å². The van der Waals surface area contributed by atoms with E-state index < -0.39 is 17.9 Å². The van der Waals surface area contributed by atoms with Gasteiger partial charge in [-0.15, -0.1) is 0 Å². The Labute approximate surface area is 182 Å². The summed E-state index contributed by atoms with van der Waals surface area (Å²) in [7, 11) is 0. The summed E-state index contributed by atoms with van der Waals surface area (Å²) >= 11 is 0. The van der Waals surface area contributed by atoms with Gasteiger partial charge >= 0.3 is 0 Å². The van der Waals surface area contributed by atoms with E-state index in [9.17, 15) is 18.8 Å². The van der Waals surface area contributed by atoms with Crippen LogP contribution in [0.5, 0.6) is 0 Å². The average Bonchev–Trinajstić information content (AvgIpc) is 2.71. The normalized spacial score (nSPS) is 12.8. The molecule has 0 saturated heterocycles. The number of carbonyl (C=O) groups is 3. The summed E-state index contributed by atoms with van der Waals surface area (Å²) in [5, 5.41) is 5.55. The first-order chi connectivity index (χ1) is 14.7. The Morgan fingerprint density at radius 1 is 1.03 bits per heavy atom. The van der Waals surface area contributed by atoms with Crippen LogP contribution in [0.15, 0.2) is 48.5 Å². The second kappa shape index (κ2) is 11.2. The molecule has 0 aliphatic heterocycles.